The minimum Gasteiger partial charge on any atom is -0.480 e. The molecular weight excluding hydrogens is 248 g/mol. The van der Waals surface area contributed by atoms with Gasteiger partial charge in [0, 0.05) is 6.42 Å². The van der Waals surface area contributed by atoms with Gasteiger partial charge in [-0.15, -0.1) is 0 Å². The second-order valence-corrected chi connectivity index (χ2v) is 3.39. The lowest BCUT2D eigenvalue weighted by atomic mass is 10.1. The van der Waals surface area contributed by atoms with Crippen LogP contribution in [0.5, 0.6) is 0 Å². The van der Waals surface area contributed by atoms with Crippen molar-refractivity contribution < 1.29 is 28.2 Å². The quantitative estimate of drug-likeness (QED) is 0.842. The maximum absolute atomic E-state index is 11.7. The van der Waals surface area contributed by atoms with Gasteiger partial charge >= 0.3 is 18.7 Å². The lowest BCUT2D eigenvalue weighted by Crippen LogP contribution is -2.43. The summed E-state index contributed by atoms with van der Waals surface area (Å²) in [4.78, 5) is 21.7. The van der Waals surface area contributed by atoms with E-state index in [4.69, 9.17) is 5.11 Å². The van der Waals surface area contributed by atoms with Gasteiger partial charge in [0.05, 0.1) is 0 Å². The Morgan fingerprint density at radius 1 is 1.28 bits per heavy atom. The molecule has 0 aliphatic carbocycles. The third-order valence-electron chi connectivity index (χ3n) is 2.07. The van der Waals surface area contributed by atoms with Crippen molar-refractivity contribution in [1.82, 2.24) is 5.32 Å². The zero-order valence-electron chi connectivity index (χ0n) is 9.18. The first-order valence-corrected chi connectivity index (χ1v) is 5.01. The minimum atomic E-state index is -3.28. The summed E-state index contributed by atoms with van der Waals surface area (Å²) in [6.07, 6.45) is -1.48. The Balaban J connectivity index is 2.61. The van der Waals surface area contributed by atoms with E-state index in [9.17, 15) is 18.4 Å². The lowest BCUT2D eigenvalue weighted by molar-refractivity contribution is -0.140. The summed E-state index contributed by atoms with van der Waals surface area (Å²) >= 11 is 0. The second kappa shape index (κ2) is 6.53. The van der Waals surface area contributed by atoms with E-state index in [0.29, 0.717) is 5.56 Å². The summed E-state index contributed by atoms with van der Waals surface area (Å²) < 4.78 is 27.0. The second-order valence-electron chi connectivity index (χ2n) is 3.39. The van der Waals surface area contributed by atoms with E-state index < -0.39 is 24.7 Å². The zero-order valence-corrected chi connectivity index (χ0v) is 9.18. The molecule has 1 unspecified atom stereocenters. The average Bonchev–Trinajstić information content (AvgIpc) is 2.28. The van der Waals surface area contributed by atoms with Crippen molar-refractivity contribution in [2.75, 3.05) is 0 Å². The summed E-state index contributed by atoms with van der Waals surface area (Å²) in [5.41, 5.74) is 0.655. The normalized spacial score (nSPS) is 11.9. The average molecular weight is 259 g/mol. The third-order valence-corrected chi connectivity index (χ3v) is 2.07. The van der Waals surface area contributed by atoms with Gasteiger partial charge < -0.3 is 15.2 Å². The SMILES string of the molecule is O=C(NC(Cc1ccccc1)C(=O)O)OC(F)F. The van der Waals surface area contributed by atoms with Gasteiger partial charge in [0.25, 0.3) is 0 Å². The van der Waals surface area contributed by atoms with Crippen LogP contribution in [0, 0.1) is 0 Å². The smallest absolute Gasteiger partial charge is 0.412 e. The number of alkyl carbamates (subject to hydrolysis) is 1. The van der Waals surface area contributed by atoms with Crippen LogP contribution in [0.2, 0.25) is 0 Å². The number of aliphatic carboxylic acids is 1. The van der Waals surface area contributed by atoms with Gasteiger partial charge in [0.1, 0.15) is 6.04 Å². The Labute approximate surface area is 101 Å². The Bertz CT molecular complexity index is 411. The fraction of sp³-hybridized carbons (Fsp3) is 0.273. The van der Waals surface area contributed by atoms with Gasteiger partial charge in [-0.05, 0) is 5.56 Å². The van der Waals surface area contributed by atoms with Gasteiger partial charge in [-0.1, -0.05) is 30.3 Å². The van der Waals surface area contributed by atoms with E-state index in [1.807, 2.05) is 5.32 Å². The van der Waals surface area contributed by atoms with Crippen molar-refractivity contribution in [2.45, 2.75) is 19.1 Å². The predicted octanol–water partition coefficient (Wildman–Crippen LogP) is 1.63. The molecule has 1 aromatic rings. The molecule has 0 aromatic heterocycles. The minimum absolute atomic E-state index is 0.0193. The first-order chi connectivity index (χ1) is 8.49. The summed E-state index contributed by atoms with van der Waals surface area (Å²) in [5, 5.41) is 10.7. The standard InChI is InChI=1S/C11H11F2NO4/c12-10(13)18-11(17)14-8(9(15)16)6-7-4-2-1-3-5-7/h1-5,8,10H,6H2,(H,14,17)(H,15,16). The van der Waals surface area contributed by atoms with Crippen molar-refractivity contribution in [3.05, 3.63) is 35.9 Å². The number of nitrogens with one attached hydrogen (secondary N) is 1. The van der Waals surface area contributed by atoms with Gasteiger partial charge in [0.15, 0.2) is 0 Å². The van der Waals surface area contributed by atoms with E-state index in [1.54, 1.807) is 30.3 Å². The summed E-state index contributed by atoms with van der Waals surface area (Å²) in [5.74, 6) is -1.33. The van der Waals surface area contributed by atoms with E-state index >= 15 is 0 Å². The van der Waals surface area contributed by atoms with Gasteiger partial charge in [-0.25, -0.2) is 9.59 Å². The fourth-order valence-corrected chi connectivity index (χ4v) is 1.31. The van der Waals surface area contributed by atoms with Crippen molar-refractivity contribution in [2.24, 2.45) is 0 Å². The Hall–Kier alpha value is -2.18. The number of benzene rings is 1. The van der Waals surface area contributed by atoms with Crippen LogP contribution < -0.4 is 5.32 Å². The summed E-state index contributed by atoms with van der Waals surface area (Å²) in [7, 11) is 0. The monoisotopic (exact) mass is 259 g/mol. The van der Waals surface area contributed by atoms with E-state index in [2.05, 4.69) is 4.74 Å². The van der Waals surface area contributed by atoms with Crippen LogP contribution in [0.15, 0.2) is 30.3 Å². The van der Waals surface area contributed by atoms with E-state index in [0.717, 1.165) is 0 Å². The lowest BCUT2D eigenvalue weighted by Gasteiger charge is -2.14. The number of carbonyl (C=O) groups excluding carboxylic acids is 1. The molecule has 98 valence electrons. The topological polar surface area (TPSA) is 75.6 Å². The fourth-order valence-electron chi connectivity index (χ4n) is 1.31. The number of carboxylic acid groups (broad SMARTS) is 1. The molecule has 1 aromatic carbocycles. The van der Waals surface area contributed by atoms with E-state index in [1.165, 1.54) is 0 Å². The molecule has 0 fully saturated rings. The number of rotatable bonds is 5. The van der Waals surface area contributed by atoms with Crippen molar-refractivity contribution in [3.8, 4) is 0 Å². The first kappa shape index (κ1) is 13.9. The number of hydrogen-bond donors (Lipinski definition) is 2. The molecule has 0 spiro atoms. The van der Waals surface area contributed by atoms with Crippen LogP contribution in [0.3, 0.4) is 0 Å². The van der Waals surface area contributed by atoms with Gasteiger partial charge in [0.2, 0.25) is 0 Å². The van der Waals surface area contributed by atoms with E-state index in [-0.39, 0.29) is 6.42 Å². The highest BCUT2D eigenvalue weighted by Gasteiger charge is 2.22. The molecule has 0 saturated carbocycles. The molecular formula is C11H11F2NO4. The molecule has 0 heterocycles. The van der Waals surface area contributed by atoms with Crippen molar-refractivity contribution in [3.63, 3.8) is 0 Å². The van der Waals surface area contributed by atoms with Gasteiger partial charge in [-0.3, -0.25) is 0 Å². The number of carboxylic acids is 1. The molecule has 0 bridgehead atoms. The molecule has 18 heavy (non-hydrogen) atoms. The number of hydrogen-bond acceptors (Lipinski definition) is 3. The van der Waals surface area contributed by atoms with Crippen molar-refractivity contribution >= 4 is 12.1 Å². The van der Waals surface area contributed by atoms with Crippen molar-refractivity contribution in [1.29, 1.82) is 0 Å². The van der Waals surface area contributed by atoms with Crippen LogP contribution in [-0.2, 0) is 16.0 Å². The Kier molecular flexibility index (Phi) is 5.04. The van der Waals surface area contributed by atoms with Gasteiger partial charge in [-0.2, -0.15) is 8.78 Å². The molecule has 5 nitrogen and oxygen atoms in total. The number of halogens is 2. The number of carbonyl (C=O) groups is 2. The molecule has 0 radical (unpaired) electrons. The zero-order chi connectivity index (χ0) is 13.5. The molecule has 0 aliphatic rings. The molecule has 1 amide bonds. The van der Waals surface area contributed by atoms with Crippen LogP contribution >= 0.6 is 0 Å². The Morgan fingerprint density at radius 2 is 1.89 bits per heavy atom. The van der Waals surface area contributed by atoms with Crippen LogP contribution in [0.25, 0.3) is 0 Å². The number of alkyl halides is 2. The van der Waals surface area contributed by atoms with Crippen LogP contribution in [0.4, 0.5) is 13.6 Å². The van der Waals surface area contributed by atoms with Crippen LogP contribution in [-0.4, -0.2) is 29.8 Å². The summed E-state index contributed by atoms with van der Waals surface area (Å²) in [6, 6.07) is 7.15. The first-order valence-electron chi connectivity index (χ1n) is 5.01. The maximum atomic E-state index is 11.7. The third kappa shape index (κ3) is 4.77. The molecule has 1 rings (SSSR count). The van der Waals surface area contributed by atoms with Crippen LogP contribution in [0.1, 0.15) is 5.56 Å². The Morgan fingerprint density at radius 3 is 2.39 bits per heavy atom. The highest BCUT2D eigenvalue weighted by Crippen LogP contribution is 2.04. The summed E-state index contributed by atoms with van der Waals surface area (Å²) in [6.45, 7) is -3.28. The molecule has 7 heteroatoms. The largest absolute Gasteiger partial charge is 0.480 e. The number of amides is 1. The number of ether oxygens (including phenoxy) is 1. The highest BCUT2D eigenvalue weighted by atomic mass is 19.3. The molecule has 2 N–H and O–H groups in total. The predicted molar refractivity (Wildman–Crippen MR) is 57.2 cm³/mol. The molecule has 1 atom stereocenters. The maximum Gasteiger partial charge on any atom is 0.412 e. The molecule has 0 saturated heterocycles. The highest BCUT2D eigenvalue weighted by molar-refractivity contribution is 5.80. The molecule has 0 aliphatic heterocycles.